The summed E-state index contributed by atoms with van der Waals surface area (Å²) in [4.78, 5) is 12.1. The Morgan fingerprint density at radius 2 is 1.20 bits per heavy atom. The quantitative estimate of drug-likeness (QED) is 0.537. The van der Waals surface area contributed by atoms with Crippen LogP contribution in [0.25, 0.3) is 0 Å². The molecule has 2 amide bonds. The van der Waals surface area contributed by atoms with Gasteiger partial charge in [-0.3, -0.25) is 4.72 Å². The molecule has 0 aliphatic heterocycles. The molecule has 0 aliphatic carbocycles. The van der Waals surface area contributed by atoms with Gasteiger partial charge in [0.2, 0.25) is 0 Å². The summed E-state index contributed by atoms with van der Waals surface area (Å²) in [5.41, 5.74) is 1.52. The van der Waals surface area contributed by atoms with E-state index in [1.165, 1.54) is 48.5 Å². The predicted octanol–water partition coefficient (Wildman–Crippen LogP) is 3.31. The molecule has 10 heteroatoms. The number of carbonyl (C=O) groups excluding carboxylic acids is 1. The number of amides is 2. The summed E-state index contributed by atoms with van der Waals surface area (Å²) in [6.07, 6.45) is 0. The number of nitrogens with one attached hydrogen (secondary N) is 3. The van der Waals surface area contributed by atoms with E-state index < -0.39 is 26.1 Å². The lowest BCUT2D eigenvalue weighted by Gasteiger charge is -2.11. The maximum absolute atomic E-state index is 12.4. The molecular weight excluding hydrogens is 426 g/mol. The molecule has 0 saturated heterocycles. The molecule has 30 heavy (non-hydrogen) atoms. The summed E-state index contributed by atoms with van der Waals surface area (Å²) in [7, 11) is -7.75. The van der Waals surface area contributed by atoms with Crippen molar-refractivity contribution < 1.29 is 21.6 Å². The van der Waals surface area contributed by atoms with E-state index >= 15 is 0 Å². The van der Waals surface area contributed by atoms with E-state index in [4.69, 9.17) is 0 Å². The fraction of sp³-hybridized carbons (Fsp3) is 0.0500. The van der Waals surface area contributed by atoms with E-state index in [2.05, 4.69) is 10.0 Å². The van der Waals surface area contributed by atoms with Crippen molar-refractivity contribution in [1.29, 1.82) is 0 Å². The second kappa shape index (κ2) is 8.56. The van der Waals surface area contributed by atoms with E-state index in [0.29, 0.717) is 5.69 Å². The molecule has 3 rings (SSSR count). The molecular formula is C20H19N3O5S2. The minimum atomic E-state index is -4.00. The van der Waals surface area contributed by atoms with Crippen molar-refractivity contribution in [3.63, 3.8) is 0 Å². The molecule has 3 N–H and O–H groups in total. The molecule has 0 spiro atoms. The van der Waals surface area contributed by atoms with Crippen molar-refractivity contribution in [2.45, 2.75) is 16.7 Å². The van der Waals surface area contributed by atoms with Crippen LogP contribution in [-0.4, -0.2) is 22.9 Å². The first kappa shape index (κ1) is 21.3. The van der Waals surface area contributed by atoms with Crippen LogP contribution in [0.15, 0.2) is 88.7 Å². The zero-order chi connectivity index (χ0) is 21.8. The molecule has 0 radical (unpaired) electrons. The molecule has 0 bridgehead atoms. The number of benzene rings is 3. The average molecular weight is 446 g/mol. The topological polar surface area (TPSA) is 121 Å². The number of aryl methyl sites for hydroxylation is 1. The standard InChI is InChI=1S/C20H19N3O5S2/c1-15-7-13-19(14-8-15)29(25,26)22-17-11-9-16(10-12-17)21-20(24)23-30(27,28)18-5-3-2-4-6-18/h2-14,22H,1H3,(H2,21,23,24). The van der Waals surface area contributed by atoms with Gasteiger partial charge in [-0.2, -0.15) is 0 Å². The zero-order valence-electron chi connectivity index (χ0n) is 15.9. The monoisotopic (exact) mass is 445 g/mol. The summed E-state index contributed by atoms with van der Waals surface area (Å²) in [5, 5.41) is 2.39. The van der Waals surface area contributed by atoms with Gasteiger partial charge in [0.1, 0.15) is 0 Å². The highest BCUT2D eigenvalue weighted by Gasteiger charge is 2.17. The molecule has 0 unspecified atom stereocenters. The number of hydrogen-bond donors (Lipinski definition) is 3. The maximum atomic E-state index is 12.4. The Labute approximate surface area is 175 Å². The molecule has 0 fully saturated rings. The Bertz CT molecular complexity index is 1240. The fourth-order valence-corrected chi connectivity index (χ4v) is 4.48. The van der Waals surface area contributed by atoms with Crippen LogP contribution in [0.3, 0.4) is 0 Å². The lowest BCUT2D eigenvalue weighted by molar-refractivity contribution is 0.256. The van der Waals surface area contributed by atoms with Gasteiger partial charge in [0.05, 0.1) is 9.79 Å². The lowest BCUT2D eigenvalue weighted by Crippen LogP contribution is -2.34. The smallest absolute Gasteiger partial charge is 0.307 e. The second-order valence-corrected chi connectivity index (χ2v) is 9.73. The van der Waals surface area contributed by atoms with E-state index in [1.807, 2.05) is 11.6 Å². The van der Waals surface area contributed by atoms with Crippen LogP contribution < -0.4 is 14.8 Å². The summed E-state index contributed by atoms with van der Waals surface area (Å²) in [6.45, 7) is 1.86. The van der Waals surface area contributed by atoms with E-state index in [-0.39, 0.29) is 15.5 Å². The highest BCUT2D eigenvalue weighted by molar-refractivity contribution is 7.92. The normalized spacial score (nSPS) is 11.5. The summed E-state index contributed by atoms with van der Waals surface area (Å²) in [6, 6.07) is 18.7. The van der Waals surface area contributed by atoms with Crippen LogP contribution in [0.1, 0.15) is 5.56 Å². The van der Waals surface area contributed by atoms with Gasteiger partial charge in [-0.25, -0.2) is 26.4 Å². The average Bonchev–Trinajstić information content (AvgIpc) is 2.70. The first-order chi connectivity index (χ1) is 14.2. The Balaban J connectivity index is 1.64. The van der Waals surface area contributed by atoms with Gasteiger partial charge >= 0.3 is 6.03 Å². The minimum absolute atomic E-state index is 0.0407. The highest BCUT2D eigenvalue weighted by Crippen LogP contribution is 2.19. The van der Waals surface area contributed by atoms with Crippen molar-refractivity contribution in [2.24, 2.45) is 0 Å². The van der Waals surface area contributed by atoms with Crippen LogP contribution in [-0.2, 0) is 20.0 Å². The molecule has 156 valence electrons. The predicted molar refractivity (Wildman–Crippen MR) is 114 cm³/mol. The Morgan fingerprint density at radius 3 is 1.80 bits per heavy atom. The van der Waals surface area contributed by atoms with Crippen LogP contribution in [0.4, 0.5) is 16.2 Å². The third-order valence-corrected chi connectivity index (χ3v) is 6.75. The summed E-state index contributed by atoms with van der Waals surface area (Å²) < 4.78 is 53.5. The third kappa shape index (κ3) is 5.37. The maximum Gasteiger partial charge on any atom is 0.333 e. The molecule has 3 aromatic rings. The van der Waals surface area contributed by atoms with E-state index in [9.17, 15) is 21.6 Å². The van der Waals surface area contributed by atoms with Crippen LogP contribution in [0, 0.1) is 6.92 Å². The van der Waals surface area contributed by atoms with Crippen LogP contribution in [0.2, 0.25) is 0 Å². The van der Waals surface area contributed by atoms with Crippen molar-refractivity contribution in [1.82, 2.24) is 4.72 Å². The first-order valence-electron chi connectivity index (χ1n) is 8.74. The zero-order valence-corrected chi connectivity index (χ0v) is 17.5. The molecule has 8 nitrogen and oxygen atoms in total. The third-order valence-electron chi connectivity index (χ3n) is 4.01. The number of urea groups is 1. The van der Waals surface area contributed by atoms with Crippen molar-refractivity contribution in [3.8, 4) is 0 Å². The highest BCUT2D eigenvalue weighted by atomic mass is 32.2. The fourth-order valence-electron chi connectivity index (χ4n) is 2.49. The number of anilines is 2. The molecule has 0 saturated carbocycles. The Hall–Kier alpha value is -3.37. The molecule has 3 aromatic carbocycles. The van der Waals surface area contributed by atoms with Gasteiger partial charge in [-0.1, -0.05) is 35.9 Å². The Kier molecular flexibility index (Phi) is 6.09. The van der Waals surface area contributed by atoms with Gasteiger partial charge in [-0.15, -0.1) is 0 Å². The SMILES string of the molecule is Cc1ccc(S(=O)(=O)Nc2ccc(NC(=O)NS(=O)(=O)c3ccccc3)cc2)cc1. The number of rotatable bonds is 6. The van der Waals surface area contributed by atoms with Crippen LogP contribution in [0.5, 0.6) is 0 Å². The minimum Gasteiger partial charge on any atom is -0.307 e. The van der Waals surface area contributed by atoms with E-state index in [0.717, 1.165) is 5.56 Å². The van der Waals surface area contributed by atoms with Crippen molar-refractivity contribution in [2.75, 3.05) is 10.0 Å². The molecule has 0 aromatic heterocycles. The van der Waals surface area contributed by atoms with Crippen molar-refractivity contribution in [3.05, 3.63) is 84.4 Å². The summed E-state index contributed by atoms with van der Waals surface area (Å²) >= 11 is 0. The van der Waals surface area contributed by atoms with Crippen LogP contribution >= 0.6 is 0 Å². The van der Waals surface area contributed by atoms with E-state index in [1.54, 1.807) is 30.3 Å². The largest absolute Gasteiger partial charge is 0.333 e. The second-order valence-electron chi connectivity index (χ2n) is 6.37. The van der Waals surface area contributed by atoms with Gasteiger partial charge in [0, 0.05) is 11.4 Å². The van der Waals surface area contributed by atoms with Gasteiger partial charge < -0.3 is 5.32 Å². The van der Waals surface area contributed by atoms with Gasteiger partial charge in [-0.05, 0) is 55.5 Å². The summed E-state index contributed by atoms with van der Waals surface area (Å²) in [5.74, 6) is 0. The van der Waals surface area contributed by atoms with Gasteiger partial charge in [0.15, 0.2) is 0 Å². The molecule has 0 heterocycles. The number of hydrogen-bond acceptors (Lipinski definition) is 5. The number of sulfonamides is 2. The molecule has 0 atom stereocenters. The first-order valence-corrected chi connectivity index (χ1v) is 11.7. The molecule has 0 aliphatic rings. The Morgan fingerprint density at radius 1 is 0.667 bits per heavy atom. The van der Waals surface area contributed by atoms with Crippen molar-refractivity contribution >= 4 is 37.5 Å². The van der Waals surface area contributed by atoms with Gasteiger partial charge in [0.25, 0.3) is 20.0 Å². The lowest BCUT2D eigenvalue weighted by atomic mass is 10.2. The number of carbonyl (C=O) groups is 1.